The molecule has 1 aliphatic rings. The third-order valence-corrected chi connectivity index (χ3v) is 4.70. The number of nitrogens with zero attached hydrogens (tertiary/aromatic N) is 5. The van der Waals surface area contributed by atoms with Crippen LogP contribution < -0.4 is 14.4 Å². The van der Waals surface area contributed by atoms with Gasteiger partial charge in [-0.25, -0.2) is 4.98 Å². The Bertz CT molecular complexity index is 908. The van der Waals surface area contributed by atoms with Gasteiger partial charge in [-0.15, -0.1) is 0 Å². The maximum atomic E-state index is 5.61. The molecule has 0 bridgehead atoms. The molecule has 3 heterocycles. The molecular formula is C18H21N5O2. The lowest BCUT2D eigenvalue weighted by atomic mass is 10.0. The molecule has 0 spiro atoms. The molecule has 7 nitrogen and oxygen atoms in total. The molecule has 130 valence electrons. The van der Waals surface area contributed by atoms with E-state index in [0.717, 1.165) is 48.0 Å². The number of fused-ring (bicyclic) bond motifs is 1. The number of methoxy groups -OCH3 is 2. The fourth-order valence-electron chi connectivity index (χ4n) is 3.58. The Kier molecular flexibility index (Phi) is 3.91. The molecule has 0 amide bonds. The molecule has 0 aliphatic carbocycles. The van der Waals surface area contributed by atoms with E-state index in [1.807, 2.05) is 19.1 Å². The zero-order chi connectivity index (χ0) is 17.4. The normalized spacial score (nSPS) is 17.2. The molecule has 1 saturated heterocycles. The van der Waals surface area contributed by atoms with Gasteiger partial charge < -0.3 is 14.4 Å². The van der Waals surface area contributed by atoms with Crippen LogP contribution in [0.2, 0.25) is 0 Å². The summed E-state index contributed by atoms with van der Waals surface area (Å²) in [4.78, 5) is 11.0. The summed E-state index contributed by atoms with van der Waals surface area (Å²) < 4.78 is 12.8. The Hall–Kier alpha value is -2.83. The molecule has 0 saturated carbocycles. The lowest BCUT2D eigenvalue weighted by Crippen LogP contribution is -2.25. The average molecular weight is 339 g/mol. The lowest BCUT2D eigenvalue weighted by molar-refractivity contribution is 0.395. The number of ether oxygens (including phenoxy) is 2. The van der Waals surface area contributed by atoms with Crippen molar-refractivity contribution in [2.45, 2.75) is 25.8 Å². The van der Waals surface area contributed by atoms with E-state index >= 15 is 0 Å². The predicted molar refractivity (Wildman–Crippen MR) is 94.4 cm³/mol. The van der Waals surface area contributed by atoms with Crippen molar-refractivity contribution in [1.82, 2.24) is 19.6 Å². The van der Waals surface area contributed by atoms with Crippen molar-refractivity contribution >= 4 is 11.6 Å². The molecule has 1 atom stereocenters. The summed E-state index contributed by atoms with van der Waals surface area (Å²) in [6, 6.07) is 8.21. The standard InChI is InChI=1S/C18H21N5O2/c1-12-9-17(23-18(21-12)19-11-20-23)22-8-4-5-15(22)14-10-13(24-2)6-7-16(14)25-3/h6-7,9-11,15H,4-5,8H2,1-3H3/t15-/m0/s1. The third-order valence-electron chi connectivity index (χ3n) is 4.70. The summed E-state index contributed by atoms with van der Waals surface area (Å²) in [5.41, 5.74) is 2.06. The van der Waals surface area contributed by atoms with Gasteiger partial charge in [-0.1, -0.05) is 0 Å². The van der Waals surface area contributed by atoms with Crippen LogP contribution in [0.25, 0.3) is 5.78 Å². The van der Waals surface area contributed by atoms with Crippen molar-refractivity contribution in [3.05, 3.63) is 41.9 Å². The summed E-state index contributed by atoms with van der Waals surface area (Å²) in [6.45, 7) is 2.93. The van der Waals surface area contributed by atoms with E-state index in [1.165, 1.54) is 0 Å². The van der Waals surface area contributed by atoms with Gasteiger partial charge in [0, 0.05) is 23.9 Å². The molecule has 2 aromatic heterocycles. The molecule has 0 unspecified atom stereocenters. The van der Waals surface area contributed by atoms with E-state index < -0.39 is 0 Å². The SMILES string of the molecule is COc1ccc(OC)c([C@@H]2CCCN2c2cc(C)nc3ncnn23)c1. The maximum Gasteiger partial charge on any atom is 0.254 e. The lowest BCUT2D eigenvalue weighted by Gasteiger charge is -2.28. The largest absolute Gasteiger partial charge is 0.497 e. The second kappa shape index (κ2) is 6.23. The molecular weight excluding hydrogens is 318 g/mol. The van der Waals surface area contributed by atoms with Crippen LogP contribution in [0.1, 0.15) is 30.1 Å². The highest BCUT2D eigenvalue weighted by Gasteiger charge is 2.31. The van der Waals surface area contributed by atoms with E-state index in [9.17, 15) is 0 Å². The molecule has 3 aromatic rings. The van der Waals surface area contributed by atoms with Gasteiger partial charge in [-0.3, -0.25) is 0 Å². The Morgan fingerprint density at radius 2 is 2.04 bits per heavy atom. The summed E-state index contributed by atoms with van der Waals surface area (Å²) in [7, 11) is 3.39. The van der Waals surface area contributed by atoms with Crippen molar-refractivity contribution in [2.75, 3.05) is 25.7 Å². The van der Waals surface area contributed by atoms with E-state index in [4.69, 9.17) is 9.47 Å². The number of anilines is 1. The first kappa shape index (κ1) is 15.7. The summed E-state index contributed by atoms with van der Waals surface area (Å²) in [6.07, 6.45) is 3.69. The van der Waals surface area contributed by atoms with Gasteiger partial charge in [0.25, 0.3) is 5.78 Å². The van der Waals surface area contributed by atoms with Gasteiger partial charge in [-0.2, -0.15) is 14.6 Å². The highest BCUT2D eigenvalue weighted by atomic mass is 16.5. The van der Waals surface area contributed by atoms with Crippen molar-refractivity contribution in [3.8, 4) is 11.5 Å². The molecule has 0 N–H and O–H groups in total. The second-order valence-corrected chi connectivity index (χ2v) is 6.19. The molecule has 1 aromatic carbocycles. The van der Waals surface area contributed by atoms with Gasteiger partial charge in [0.2, 0.25) is 0 Å². The van der Waals surface area contributed by atoms with Gasteiger partial charge in [0.15, 0.2) is 0 Å². The fraction of sp³-hybridized carbons (Fsp3) is 0.389. The number of hydrogen-bond donors (Lipinski definition) is 0. The van der Waals surface area contributed by atoms with Crippen LogP contribution in [0.3, 0.4) is 0 Å². The van der Waals surface area contributed by atoms with Gasteiger partial charge in [0.1, 0.15) is 23.6 Å². The first-order valence-corrected chi connectivity index (χ1v) is 8.37. The van der Waals surface area contributed by atoms with Crippen molar-refractivity contribution in [3.63, 3.8) is 0 Å². The van der Waals surface area contributed by atoms with Crippen LogP contribution in [-0.2, 0) is 0 Å². The van der Waals surface area contributed by atoms with Crippen LogP contribution >= 0.6 is 0 Å². The number of aromatic nitrogens is 4. The summed E-state index contributed by atoms with van der Waals surface area (Å²) in [5, 5.41) is 4.35. The Morgan fingerprint density at radius 1 is 1.16 bits per heavy atom. The third kappa shape index (κ3) is 2.65. The van der Waals surface area contributed by atoms with Crippen LogP contribution in [0.5, 0.6) is 11.5 Å². The zero-order valence-corrected chi connectivity index (χ0v) is 14.6. The summed E-state index contributed by atoms with van der Waals surface area (Å²) in [5.74, 6) is 3.34. The molecule has 4 rings (SSSR count). The quantitative estimate of drug-likeness (QED) is 0.728. The molecule has 1 aliphatic heterocycles. The molecule has 1 fully saturated rings. The Balaban J connectivity index is 1.82. The van der Waals surface area contributed by atoms with Crippen LogP contribution in [0, 0.1) is 6.92 Å². The number of aryl methyl sites for hydroxylation is 1. The van der Waals surface area contributed by atoms with Crippen molar-refractivity contribution < 1.29 is 9.47 Å². The fourth-order valence-corrected chi connectivity index (χ4v) is 3.58. The predicted octanol–water partition coefficient (Wildman–Crippen LogP) is 2.79. The van der Waals surface area contributed by atoms with Gasteiger partial charge >= 0.3 is 0 Å². The van der Waals surface area contributed by atoms with E-state index in [1.54, 1.807) is 25.1 Å². The van der Waals surface area contributed by atoms with Gasteiger partial charge in [-0.05, 0) is 38.0 Å². The Morgan fingerprint density at radius 3 is 2.84 bits per heavy atom. The number of hydrogen-bond acceptors (Lipinski definition) is 6. The van der Waals surface area contributed by atoms with Gasteiger partial charge in [0.05, 0.1) is 20.3 Å². The second-order valence-electron chi connectivity index (χ2n) is 6.19. The van der Waals surface area contributed by atoms with Crippen molar-refractivity contribution in [2.24, 2.45) is 0 Å². The molecule has 0 radical (unpaired) electrons. The highest BCUT2D eigenvalue weighted by molar-refractivity contribution is 5.53. The maximum absolute atomic E-state index is 5.61. The summed E-state index contributed by atoms with van der Waals surface area (Å²) >= 11 is 0. The molecule has 25 heavy (non-hydrogen) atoms. The van der Waals surface area contributed by atoms with Crippen LogP contribution in [-0.4, -0.2) is 40.3 Å². The zero-order valence-electron chi connectivity index (χ0n) is 14.6. The minimum atomic E-state index is 0.194. The highest BCUT2D eigenvalue weighted by Crippen LogP contribution is 2.41. The van der Waals surface area contributed by atoms with E-state index in [0.29, 0.717) is 5.78 Å². The number of benzene rings is 1. The topological polar surface area (TPSA) is 64.8 Å². The minimum absolute atomic E-state index is 0.194. The van der Waals surface area contributed by atoms with Crippen LogP contribution in [0.4, 0.5) is 5.82 Å². The average Bonchev–Trinajstić information content (AvgIpc) is 3.29. The minimum Gasteiger partial charge on any atom is -0.497 e. The van der Waals surface area contributed by atoms with E-state index in [-0.39, 0.29) is 6.04 Å². The smallest absolute Gasteiger partial charge is 0.254 e. The monoisotopic (exact) mass is 339 g/mol. The Labute approximate surface area is 146 Å². The first-order chi connectivity index (χ1) is 12.2. The van der Waals surface area contributed by atoms with Crippen molar-refractivity contribution in [1.29, 1.82) is 0 Å². The van der Waals surface area contributed by atoms with E-state index in [2.05, 4.69) is 32.1 Å². The molecule has 7 heteroatoms. The van der Waals surface area contributed by atoms with Crippen LogP contribution in [0.15, 0.2) is 30.6 Å². The number of rotatable bonds is 4. The first-order valence-electron chi connectivity index (χ1n) is 8.37.